The van der Waals surface area contributed by atoms with E-state index in [1.807, 2.05) is 6.92 Å². The Hall–Kier alpha value is -1.83. The molecule has 0 spiro atoms. The highest BCUT2D eigenvalue weighted by molar-refractivity contribution is 5.67. The maximum Gasteiger partial charge on any atom is 0.304 e. The minimum Gasteiger partial charge on any atom is -0.481 e. The molecule has 0 amide bonds. The van der Waals surface area contributed by atoms with E-state index in [4.69, 9.17) is 30.6 Å². The lowest BCUT2D eigenvalue weighted by Crippen LogP contribution is -2.32. The van der Waals surface area contributed by atoms with E-state index in [0.29, 0.717) is 24.5 Å². The van der Waals surface area contributed by atoms with Crippen LogP contribution in [0.1, 0.15) is 53.4 Å². The monoisotopic (exact) mass is 521 g/mol. The van der Waals surface area contributed by atoms with E-state index >= 15 is 0 Å². The van der Waals surface area contributed by atoms with Crippen LogP contribution in [0.2, 0.25) is 0 Å². The summed E-state index contributed by atoms with van der Waals surface area (Å²) in [5.74, 6) is -2.10. The first-order chi connectivity index (χ1) is 16.8. The van der Waals surface area contributed by atoms with Crippen LogP contribution in [0.15, 0.2) is 0 Å². The molecule has 0 aromatic rings. The number of aliphatic hydroxyl groups excluding tert-OH is 3. The van der Waals surface area contributed by atoms with Crippen molar-refractivity contribution in [2.24, 2.45) is 5.41 Å². The normalized spacial score (nSPS) is 27.1. The van der Waals surface area contributed by atoms with Crippen molar-refractivity contribution in [2.75, 3.05) is 59.1 Å². The van der Waals surface area contributed by atoms with Crippen LogP contribution in [0.3, 0.4) is 0 Å². The van der Waals surface area contributed by atoms with Gasteiger partial charge in [0.15, 0.2) is 0 Å². The fraction of sp³-hybridized carbons (Fsp3) is 0.875. The summed E-state index contributed by atoms with van der Waals surface area (Å²) in [4.78, 5) is 36.4. The summed E-state index contributed by atoms with van der Waals surface area (Å²) < 4.78 is 0. The molecule has 212 valence electrons. The number of aliphatic hydroxyl groups is 3. The maximum atomic E-state index is 10.0. The molecule has 0 aromatic carbocycles. The van der Waals surface area contributed by atoms with Crippen molar-refractivity contribution in [3.05, 3.63) is 0 Å². The molecule has 36 heavy (non-hydrogen) atoms. The Morgan fingerprint density at radius 1 is 0.639 bits per heavy atom. The molecule has 3 saturated heterocycles. The van der Waals surface area contributed by atoms with Gasteiger partial charge in [-0.15, -0.1) is 0 Å². The Bertz CT molecular complexity index is 572. The topological polar surface area (TPSA) is 182 Å². The molecule has 6 N–H and O–H groups in total. The lowest BCUT2D eigenvalue weighted by atomic mass is 9.88. The van der Waals surface area contributed by atoms with E-state index in [0.717, 1.165) is 39.3 Å². The van der Waals surface area contributed by atoms with E-state index < -0.39 is 23.3 Å². The zero-order valence-electron chi connectivity index (χ0n) is 22.2. The number of rotatable bonds is 13. The molecule has 0 aromatic heterocycles. The average molecular weight is 522 g/mol. The first-order valence-electron chi connectivity index (χ1n) is 12.5. The summed E-state index contributed by atoms with van der Waals surface area (Å²) in [7, 11) is 0. The third-order valence-electron chi connectivity index (χ3n) is 6.56. The van der Waals surface area contributed by atoms with Crippen LogP contribution < -0.4 is 0 Å². The second-order valence-electron chi connectivity index (χ2n) is 9.79. The Morgan fingerprint density at radius 2 is 0.861 bits per heavy atom. The van der Waals surface area contributed by atoms with Crippen molar-refractivity contribution in [3.63, 3.8) is 0 Å². The predicted molar refractivity (Wildman–Crippen MR) is 134 cm³/mol. The fourth-order valence-electron chi connectivity index (χ4n) is 3.01. The molecule has 6 unspecified atom stereocenters. The van der Waals surface area contributed by atoms with E-state index in [-0.39, 0.29) is 39.1 Å². The highest BCUT2D eigenvalue weighted by Crippen LogP contribution is 2.18. The first-order valence-corrected chi connectivity index (χ1v) is 12.5. The summed E-state index contributed by atoms with van der Waals surface area (Å²) in [5, 5.41) is 50.7. The van der Waals surface area contributed by atoms with Crippen molar-refractivity contribution in [1.29, 1.82) is 0 Å². The zero-order valence-corrected chi connectivity index (χ0v) is 22.2. The second-order valence-corrected chi connectivity index (χ2v) is 9.79. The molecule has 0 saturated carbocycles. The molecule has 3 heterocycles. The van der Waals surface area contributed by atoms with Gasteiger partial charge in [0.2, 0.25) is 0 Å². The lowest BCUT2D eigenvalue weighted by molar-refractivity contribution is -0.138. The van der Waals surface area contributed by atoms with Crippen LogP contribution in [0.5, 0.6) is 0 Å². The standard InChI is InChI=1S/3C6H11NO2.C6H14O3/c3*1-5-4-7(5)3-2-6(8)9;1-2-6(3-7,4-8)5-9/h3*5H,2-4H2,1H3,(H,8,9);7-9H,2-5H2,1H3. The lowest BCUT2D eigenvalue weighted by Gasteiger charge is -2.24. The molecule has 0 radical (unpaired) electrons. The van der Waals surface area contributed by atoms with Crippen molar-refractivity contribution < 1.29 is 45.0 Å². The van der Waals surface area contributed by atoms with Gasteiger partial charge in [-0.2, -0.15) is 0 Å². The fourth-order valence-corrected chi connectivity index (χ4v) is 3.01. The number of carboxylic acid groups (broad SMARTS) is 3. The Morgan fingerprint density at radius 3 is 0.944 bits per heavy atom. The number of carbonyl (C=O) groups is 3. The summed E-state index contributed by atoms with van der Waals surface area (Å²) in [6, 6.07) is 1.89. The SMILES string of the molecule is CC1CN1CCC(=O)O.CC1CN1CCC(=O)O.CC1CN1CCC(=O)O.CCC(CO)(CO)CO. The number of aliphatic carboxylic acids is 3. The summed E-state index contributed by atoms with van der Waals surface area (Å²) in [5.41, 5.74) is -0.667. The van der Waals surface area contributed by atoms with Crippen LogP contribution in [0.25, 0.3) is 0 Å². The van der Waals surface area contributed by atoms with Gasteiger partial charge in [0.05, 0.1) is 39.1 Å². The second kappa shape index (κ2) is 17.6. The van der Waals surface area contributed by atoms with Gasteiger partial charge in [0.25, 0.3) is 0 Å². The van der Waals surface area contributed by atoms with Gasteiger partial charge in [-0.1, -0.05) is 6.92 Å². The number of hydrogen-bond acceptors (Lipinski definition) is 9. The van der Waals surface area contributed by atoms with E-state index in [2.05, 4.69) is 35.5 Å². The van der Waals surface area contributed by atoms with Crippen LogP contribution in [0, 0.1) is 5.41 Å². The molecule has 3 rings (SSSR count). The number of carboxylic acids is 3. The molecule has 12 nitrogen and oxygen atoms in total. The van der Waals surface area contributed by atoms with Gasteiger partial charge < -0.3 is 30.6 Å². The molecule has 0 bridgehead atoms. The van der Waals surface area contributed by atoms with Crippen LogP contribution >= 0.6 is 0 Å². The highest BCUT2D eigenvalue weighted by Gasteiger charge is 2.29. The van der Waals surface area contributed by atoms with Crippen LogP contribution in [0.4, 0.5) is 0 Å². The summed E-state index contributed by atoms with van der Waals surface area (Å²) in [6.07, 6.45) is 1.44. The molecule has 6 atom stereocenters. The Balaban J connectivity index is 0.000000454. The first kappa shape index (κ1) is 34.2. The molecular weight excluding hydrogens is 474 g/mol. The molecule has 12 heteroatoms. The van der Waals surface area contributed by atoms with Gasteiger partial charge in [-0.25, -0.2) is 0 Å². The Labute approximate surface area is 214 Å². The average Bonchev–Trinajstić information content (AvgIpc) is 3.77. The number of nitrogens with zero attached hydrogens (tertiary/aromatic N) is 3. The van der Waals surface area contributed by atoms with Gasteiger partial charge in [0.1, 0.15) is 0 Å². The largest absolute Gasteiger partial charge is 0.481 e. The maximum absolute atomic E-state index is 10.0. The Kier molecular flexibility index (Phi) is 16.7. The predicted octanol–water partition coefficient (Wildman–Crippen LogP) is -0.145. The molecular formula is C24H47N3O9. The third-order valence-corrected chi connectivity index (χ3v) is 6.56. The molecule has 3 aliphatic rings. The van der Waals surface area contributed by atoms with E-state index in [9.17, 15) is 14.4 Å². The van der Waals surface area contributed by atoms with E-state index in [1.54, 1.807) is 0 Å². The van der Waals surface area contributed by atoms with Crippen molar-refractivity contribution in [3.8, 4) is 0 Å². The van der Waals surface area contributed by atoms with Gasteiger partial charge in [-0.05, 0) is 27.2 Å². The molecule has 3 aliphatic heterocycles. The minimum atomic E-state index is -0.700. The summed E-state index contributed by atoms with van der Waals surface area (Å²) in [6.45, 7) is 13.0. The van der Waals surface area contributed by atoms with Gasteiger partial charge >= 0.3 is 17.9 Å². The molecule has 3 fully saturated rings. The van der Waals surface area contributed by atoms with Crippen molar-refractivity contribution >= 4 is 17.9 Å². The minimum absolute atomic E-state index is 0.156. The van der Waals surface area contributed by atoms with Crippen molar-refractivity contribution in [2.45, 2.75) is 71.5 Å². The summed E-state index contributed by atoms with van der Waals surface area (Å²) >= 11 is 0. The van der Waals surface area contributed by atoms with Crippen LogP contribution in [-0.2, 0) is 14.4 Å². The van der Waals surface area contributed by atoms with Gasteiger partial charge in [-0.3, -0.25) is 29.1 Å². The highest BCUT2D eigenvalue weighted by atomic mass is 16.4. The zero-order chi connectivity index (χ0) is 27.9. The number of hydrogen-bond donors (Lipinski definition) is 6. The van der Waals surface area contributed by atoms with E-state index in [1.165, 1.54) is 0 Å². The smallest absolute Gasteiger partial charge is 0.304 e. The van der Waals surface area contributed by atoms with Crippen molar-refractivity contribution in [1.82, 2.24) is 14.7 Å². The third kappa shape index (κ3) is 16.8. The quantitative estimate of drug-likeness (QED) is 0.177. The van der Waals surface area contributed by atoms with Gasteiger partial charge in [0, 0.05) is 62.8 Å². The molecule has 0 aliphatic carbocycles. The van der Waals surface area contributed by atoms with Crippen LogP contribution in [-0.4, -0.2) is 140 Å².